The van der Waals surface area contributed by atoms with Gasteiger partial charge in [0.2, 0.25) is 5.75 Å². The molecule has 0 heterocycles. The summed E-state index contributed by atoms with van der Waals surface area (Å²) in [6.45, 7) is 0.102. The summed E-state index contributed by atoms with van der Waals surface area (Å²) in [5.74, 6) is 1.85. The quantitative estimate of drug-likeness (QED) is 0.644. The SMILES string of the molecule is OCCCc1cc(Oc2ccccc2)c(O)c(Oc2ccccc2)c1. The lowest BCUT2D eigenvalue weighted by molar-refractivity contribution is 0.288. The maximum atomic E-state index is 10.6. The van der Waals surface area contributed by atoms with Crippen molar-refractivity contribution in [3.63, 3.8) is 0 Å². The average molecular weight is 336 g/mol. The number of benzene rings is 3. The molecule has 4 heteroatoms. The van der Waals surface area contributed by atoms with Crippen molar-refractivity contribution in [2.45, 2.75) is 12.8 Å². The van der Waals surface area contributed by atoms with Crippen LogP contribution in [-0.2, 0) is 6.42 Å². The highest BCUT2D eigenvalue weighted by molar-refractivity contribution is 5.55. The Morgan fingerprint density at radius 2 is 1.20 bits per heavy atom. The number of hydrogen-bond acceptors (Lipinski definition) is 4. The van der Waals surface area contributed by atoms with Gasteiger partial charge < -0.3 is 19.7 Å². The molecule has 3 aromatic rings. The Morgan fingerprint density at radius 3 is 1.64 bits per heavy atom. The summed E-state index contributed by atoms with van der Waals surface area (Å²) < 4.78 is 11.6. The number of rotatable bonds is 7. The largest absolute Gasteiger partial charge is 0.502 e. The summed E-state index contributed by atoms with van der Waals surface area (Å²) in [5.41, 5.74) is 0.920. The molecule has 0 fully saturated rings. The molecule has 0 radical (unpaired) electrons. The van der Waals surface area contributed by atoms with Crippen molar-refractivity contribution in [1.29, 1.82) is 0 Å². The first-order valence-electron chi connectivity index (χ1n) is 8.19. The Kier molecular flexibility index (Phi) is 5.54. The summed E-state index contributed by atoms with van der Waals surface area (Å²) in [6.07, 6.45) is 1.29. The third-order valence-electron chi connectivity index (χ3n) is 3.67. The lowest BCUT2D eigenvalue weighted by Gasteiger charge is -2.14. The number of aryl methyl sites for hydroxylation is 1. The second-order valence-corrected chi connectivity index (χ2v) is 5.60. The summed E-state index contributed by atoms with van der Waals surface area (Å²) in [7, 11) is 0. The van der Waals surface area contributed by atoms with E-state index >= 15 is 0 Å². The smallest absolute Gasteiger partial charge is 0.202 e. The Bertz CT molecular complexity index is 738. The van der Waals surface area contributed by atoms with Crippen LogP contribution in [0, 0.1) is 0 Å². The number of aliphatic hydroxyl groups is 1. The van der Waals surface area contributed by atoms with E-state index in [1.54, 1.807) is 12.1 Å². The molecular formula is C21H20O4. The van der Waals surface area contributed by atoms with Crippen LogP contribution in [0.5, 0.6) is 28.7 Å². The standard InChI is InChI=1S/C21H20O4/c22-13-7-8-16-14-19(24-17-9-3-1-4-10-17)21(23)20(15-16)25-18-11-5-2-6-12-18/h1-6,9-12,14-15,22-23H,7-8,13H2. The molecule has 0 bridgehead atoms. The molecule has 2 N–H and O–H groups in total. The molecule has 128 valence electrons. The van der Waals surface area contributed by atoms with Gasteiger partial charge in [0.25, 0.3) is 0 Å². The molecule has 0 saturated heterocycles. The van der Waals surface area contributed by atoms with Crippen molar-refractivity contribution < 1.29 is 19.7 Å². The lowest BCUT2D eigenvalue weighted by atomic mass is 10.1. The molecule has 0 spiro atoms. The lowest BCUT2D eigenvalue weighted by Crippen LogP contribution is -1.94. The molecule has 0 amide bonds. The van der Waals surface area contributed by atoms with E-state index in [1.165, 1.54) is 0 Å². The van der Waals surface area contributed by atoms with Gasteiger partial charge in [0.05, 0.1) is 0 Å². The summed E-state index contributed by atoms with van der Waals surface area (Å²) in [5, 5.41) is 19.6. The van der Waals surface area contributed by atoms with E-state index in [1.807, 2.05) is 60.7 Å². The van der Waals surface area contributed by atoms with Crippen LogP contribution in [0.3, 0.4) is 0 Å². The number of ether oxygens (including phenoxy) is 2. The van der Waals surface area contributed by atoms with Crippen LogP contribution in [0.4, 0.5) is 0 Å². The van der Waals surface area contributed by atoms with Crippen LogP contribution in [-0.4, -0.2) is 16.8 Å². The molecular weight excluding hydrogens is 316 g/mol. The van der Waals surface area contributed by atoms with Gasteiger partial charge in [-0.25, -0.2) is 0 Å². The van der Waals surface area contributed by atoms with E-state index in [-0.39, 0.29) is 12.4 Å². The number of hydrogen-bond donors (Lipinski definition) is 2. The van der Waals surface area contributed by atoms with Gasteiger partial charge in [-0.15, -0.1) is 0 Å². The van der Waals surface area contributed by atoms with Gasteiger partial charge >= 0.3 is 0 Å². The monoisotopic (exact) mass is 336 g/mol. The van der Waals surface area contributed by atoms with Crippen LogP contribution < -0.4 is 9.47 Å². The second kappa shape index (κ2) is 8.22. The average Bonchev–Trinajstić information content (AvgIpc) is 2.65. The van der Waals surface area contributed by atoms with E-state index in [0.29, 0.717) is 35.8 Å². The van der Waals surface area contributed by atoms with Gasteiger partial charge in [0.1, 0.15) is 11.5 Å². The van der Waals surface area contributed by atoms with Crippen LogP contribution in [0.2, 0.25) is 0 Å². The number of aromatic hydroxyl groups is 1. The minimum Gasteiger partial charge on any atom is -0.502 e. The van der Waals surface area contributed by atoms with Crippen molar-refractivity contribution in [2.24, 2.45) is 0 Å². The predicted octanol–water partition coefficient (Wildman–Crippen LogP) is 4.90. The molecule has 0 unspecified atom stereocenters. The summed E-state index contributed by atoms with van der Waals surface area (Å²) in [6, 6.07) is 22.1. The highest BCUT2D eigenvalue weighted by Crippen LogP contribution is 2.42. The first-order chi connectivity index (χ1) is 12.3. The highest BCUT2D eigenvalue weighted by Gasteiger charge is 2.14. The normalized spacial score (nSPS) is 10.4. The molecule has 0 aromatic heterocycles. The molecule has 0 atom stereocenters. The molecule has 0 aliphatic heterocycles. The van der Waals surface area contributed by atoms with Gasteiger partial charge in [-0.1, -0.05) is 36.4 Å². The Balaban J connectivity index is 1.93. The first kappa shape index (κ1) is 16.9. The zero-order valence-electron chi connectivity index (χ0n) is 13.8. The molecule has 25 heavy (non-hydrogen) atoms. The van der Waals surface area contributed by atoms with Crippen LogP contribution in [0.15, 0.2) is 72.8 Å². The van der Waals surface area contributed by atoms with E-state index in [9.17, 15) is 5.11 Å². The fourth-order valence-electron chi connectivity index (χ4n) is 2.45. The summed E-state index contributed by atoms with van der Waals surface area (Å²) >= 11 is 0. The van der Waals surface area contributed by atoms with E-state index < -0.39 is 0 Å². The van der Waals surface area contributed by atoms with E-state index in [0.717, 1.165) is 5.56 Å². The molecule has 0 aliphatic rings. The molecule has 3 rings (SSSR count). The number of para-hydroxylation sites is 2. The van der Waals surface area contributed by atoms with E-state index in [4.69, 9.17) is 14.6 Å². The van der Waals surface area contributed by atoms with Crippen LogP contribution in [0.1, 0.15) is 12.0 Å². The van der Waals surface area contributed by atoms with Crippen LogP contribution in [0.25, 0.3) is 0 Å². The number of phenols is 1. The Labute approximate surface area is 146 Å². The predicted molar refractivity (Wildman–Crippen MR) is 96.5 cm³/mol. The molecule has 3 aromatic carbocycles. The fraction of sp³-hybridized carbons (Fsp3) is 0.143. The zero-order chi connectivity index (χ0) is 17.5. The molecule has 0 aliphatic carbocycles. The third kappa shape index (κ3) is 4.52. The van der Waals surface area contributed by atoms with Crippen molar-refractivity contribution in [3.8, 4) is 28.7 Å². The Morgan fingerprint density at radius 1 is 0.720 bits per heavy atom. The Hall–Kier alpha value is -2.98. The van der Waals surface area contributed by atoms with Crippen molar-refractivity contribution >= 4 is 0 Å². The highest BCUT2D eigenvalue weighted by atomic mass is 16.5. The maximum Gasteiger partial charge on any atom is 0.202 e. The molecule has 0 saturated carbocycles. The van der Waals surface area contributed by atoms with Crippen molar-refractivity contribution in [2.75, 3.05) is 6.61 Å². The summed E-state index contributed by atoms with van der Waals surface area (Å²) in [4.78, 5) is 0. The van der Waals surface area contributed by atoms with Gasteiger partial charge in [0.15, 0.2) is 11.5 Å². The number of aliphatic hydroxyl groups excluding tert-OH is 1. The molecule has 4 nitrogen and oxygen atoms in total. The first-order valence-corrected chi connectivity index (χ1v) is 8.19. The van der Waals surface area contributed by atoms with Gasteiger partial charge in [-0.05, 0) is 54.8 Å². The van der Waals surface area contributed by atoms with Gasteiger partial charge in [0, 0.05) is 6.61 Å². The second-order valence-electron chi connectivity index (χ2n) is 5.60. The fourth-order valence-corrected chi connectivity index (χ4v) is 2.45. The minimum atomic E-state index is -0.0551. The maximum absolute atomic E-state index is 10.6. The van der Waals surface area contributed by atoms with Crippen LogP contribution >= 0.6 is 0 Å². The number of phenolic OH excluding ortho intramolecular Hbond substituents is 1. The van der Waals surface area contributed by atoms with Gasteiger partial charge in [-0.3, -0.25) is 0 Å². The third-order valence-corrected chi connectivity index (χ3v) is 3.67. The zero-order valence-corrected chi connectivity index (χ0v) is 13.8. The topological polar surface area (TPSA) is 58.9 Å². The van der Waals surface area contributed by atoms with E-state index in [2.05, 4.69) is 0 Å². The van der Waals surface area contributed by atoms with Crippen molar-refractivity contribution in [1.82, 2.24) is 0 Å². The minimum absolute atomic E-state index is 0.0551. The van der Waals surface area contributed by atoms with Gasteiger partial charge in [-0.2, -0.15) is 0 Å². The van der Waals surface area contributed by atoms with Crippen molar-refractivity contribution in [3.05, 3.63) is 78.4 Å².